The number of anilines is 3. The summed E-state index contributed by atoms with van der Waals surface area (Å²) in [4.78, 5) is 60.3. The Morgan fingerprint density at radius 3 is 1.84 bits per heavy atom. The van der Waals surface area contributed by atoms with Gasteiger partial charge in [-0.2, -0.15) is 13.2 Å². The lowest BCUT2D eigenvalue weighted by molar-refractivity contribution is -0.192. The third kappa shape index (κ3) is 10.6. The van der Waals surface area contributed by atoms with Crippen molar-refractivity contribution in [3.8, 4) is 0 Å². The van der Waals surface area contributed by atoms with Crippen molar-refractivity contribution in [3.63, 3.8) is 0 Å². The summed E-state index contributed by atoms with van der Waals surface area (Å²) in [5, 5.41) is 18.2. The normalized spacial score (nSPS) is 11.1. The van der Waals surface area contributed by atoms with Gasteiger partial charge in [-0.05, 0) is 59.1 Å². The third-order valence-electron chi connectivity index (χ3n) is 6.16. The number of carbonyl (C=O) groups excluding carboxylic acids is 4. The lowest BCUT2D eigenvalue weighted by atomic mass is 10.3. The number of aromatic nitrogens is 3. The first-order valence-electron chi connectivity index (χ1n) is 13.5. The maximum Gasteiger partial charge on any atom is 0.490 e. The number of rotatable bonds is 12. The molecule has 5 N–H and O–H groups in total. The van der Waals surface area contributed by atoms with Gasteiger partial charge in [0.05, 0.1) is 17.1 Å². The van der Waals surface area contributed by atoms with Crippen LogP contribution in [-0.4, -0.2) is 87.2 Å². The Bertz CT molecular complexity index is 1520. The van der Waals surface area contributed by atoms with Crippen molar-refractivity contribution < 1.29 is 42.3 Å². The minimum absolute atomic E-state index is 0.0564. The number of alkyl halides is 3. The summed E-state index contributed by atoms with van der Waals surface area (Å²) in [6.07, 6.45) is 1.29. The molecule has 4 amide bonds. The monoisotopic (exact) mass is 638 g/mol. The summed E-state index contributed by atoms with van der Waals surface area (Å²) in [5.41, 5.74) is 2.56. The highest BCUT2D eigenvalue weighted by Crippen LogP contribution is 2.23. The van der Waals surface area contributed by atoms with Gasteiger partial charge < -0.3 is 45.0 Å². The standard InChI is InChI=1S/C26H36N8O4.C2HF3O2/c1-17(2)34-15-20(30-25(37)22-10-18(28-16-35)13-32(22)5)12-23(34)26(38)29-19-11-21(33(6)14-19)24(36)27-8-7-9-31(3)4;3-2(4,5)1(6)7/h10-17H,7-9H2,1-6H3,(H,27,36)(H,28,35)(H,29,38)(H,30,37);(H,6,7). The summed E-state index contributed by atoms with van der Waals surface area (Å²) in [5.74, 6) is -3.73. The molecule has 3 heterocycles. The van der Waals surface area contributed by atoms with E-state index in [1.54, 1.807) is 64.6 Å². The van der Waals surface area contributed by atoms with Crippen LogP contribution in [0.25, 0.3) is 0 Å². The molecule has 3 aromatic heterocycles. The molecule has 0 bridgehead atoms. The Hall–Kier alpha value is -5.06. The van der Waals surface area contributed by atoms with Crippen LogP contribution >= 0.6 is 0 Å². The number of halogens is 3. The van der Waals surface area contributed by atoms with Crippen molar-refractivity contribution in [2.24, 2.45) is 14.1 Å². The number of aryl methyl sites for hydroxylation is 2. The van der Waals surface area contributed by atoms with Crippen LogP contribution in [-0.2, 0) is 23.7 Å². The van der Waals surface area contributed by atoms with Crippen molar-refractivity contribution in [1.82, 2.24) is 23.9 Å². The topological polar surface area (TPSA) is 172 Å². The highest BCUT2D eigenvalue weighted by atomic mass is 19.4. The minimum atomic E-state index is -5.08. The van der Waals surface area contributed by atoms with E-state index in [0.29, 0.717) is 47.1 Å². The molecule has 14 nitrogen and oxygen atoms in total. The van der Waals surface area contributed by atoms with Crippen molar-refractivity contribution in [2.75, 3.05) is 43.1 Å². The first-order valence-corrected chi connectivity index (χ1v) is 13.5. The molecule has 3 rings (SSSR count). The number of amides is 4. The molecule has 0 aromatic carbocycles. The Morgan fingerprint density at radius 2 is 1.33 bits per heavy atom. The van der Waals surface area contributed by atoms with Crippen molar-refractivity contribution in [2.45, 2.75) is 32.5 Å². The van der Waals surface area contributed by atoms with Crippen molar-refractivity contribution >= 4 is 47.2 Å². The maximum atomic E-state index is 13.2. The average molecular weight is 639 g/mol. The molecule has 0 radical (unpaired) electrons. The molecule has 0 aliphatic carbocycles. The highest BCUT2D eigenvalue weighted by Gasteiger charge is 2.38. The van der Waals surface area contributed by atoms with Gasteiger partial charge in [0.25, 0.3) is 17.7 Å². The minimum Gasteiger partial charge on any atom is -0.475 e. The summed E-state index contributed by atoms with van der Waals surface area (Å²) in [6, 6.07) is 4.73. The van der Waals surface area contributed by atoms with Crippen molar-refractivity contribution in [3.05, 3.63) is 53.9 Å². The Labute approximate surface area is 257 Å². The zero-order valence-electron chi connectivity index (χ0n) is 25.7. The van der Waals surface area contributed by atoms with Gasteiger partial charge >= 0.3 is 12.1 Å². The zero-order valence-corrected chi connectivity index (χ0v) is 25.7. The van der Waals surface area contributed by atoms with Gasteiger partial charge in [-0.15, -0.1) is 0 Å². The first-order chi connectivity index (χ1) is 20.9. The van der Waals surface area contributed by atoms with Crippen molar-refractivity contribution in [1.29, 1.82) is 0 Å². The molecule has 45 heavy (non-hydrogen) atoms. The van der Waals surface area contributed by atoms with Crippen LogP contribution in [0, 0.1) is 0 Å². The van der Waals surface area contributed by atoms with E-state index in [1.807, 2.05) is 27.9 Å². The SMILES string of the molecule is CC(C)n1cc(NC(=O)c2cc(NC=O)cn2C)cc1C(=O)Nc1cc(C(=O)NCCCN(C)C)n(C)c1.O=C(O)C(F)(F)F. The Kier molecular flexibility index (Phi) is 12.5. The fourth-order valence-electron chi connectivity index (χ4n) is 4.03. The predicted octanol–water partition coefficient (Wildman–Crippen LogP) is 3.13. The van der Waals surface area contributed by atoms with Crippen LogP contribution in [0.5, 0.6) is 0 Å². The second-order valence-corrected chi connectivity index (χ2v) is 10.5. The largest absolute Gasteiger partial charge is 0.490 e. The van der Waals surface area contributed by atoms with Gasteiger partial charge in [0.2, 0.25) is 6.41 Å². The van der Waals surface area contributed by atoms with Gasteiger partial charge in [0, 0.05) is 45.3 Å². The molecular formula is C28H37F3N8O6. The average Bonchev–Trinajstić information content (AvgIpc) is 3.63. The van der Waals surface area contributed by atoms with E-state index in [9.17, 15) is 32.3 Å². The number of carbonyl (C=O) groups is 5. The zero-order chi connectivity index (χ0) is 34.1. The molecule has 17 heteroatoms. The fourth-order valence-corrected chi connectivity index (χ4v) is 4.03. The maximum absolute atomic E-state index is 13.2. The van der Waals surface area contributed by atoms with Crippen LogP contribution < -0.4 is 21.3 Å². The molecule has 0 fully saturated rings. The summed E-state index contributed by atoms with van der Waals surface area (Å²) in [7, 11) is 7.40. The van der Waals surface area contributed by atoms with Crippen LogP contribution in [0.15, 0.2) is 36.8 Å². The number of hydrogen-bond acceptors (Lipinski definition) is 6. The quantitative estimate of drug-likeness (QED) is 0.150. The molecule has 246 valence electrons. The molecule has 0 saturated heterocycles. The summed E-state index contributed by atoms with van der Waals surface area (Å²) in [6.45, 7) is 5.28. The van der Waals surface area contributed by atoms with Crippen LogP contribution in [0.2, 0.25) is 0 Å². The lowest BCUT2D eigenvalue weighted by Crippen LogP contribution is -2.28. The van der Waals surface area contributed by atoms with Gasteiger partial charge in [-0.25, -0.2) is 4.79 Å². The van der Waals surface area contributed by atoms with Gasteiger partial charge in [-0.3, -0.25) is 19.2 Å². The van der Waals surface area contributed by atoms with Crippen LogP contribution in [0.4, 0.5) is 30.2 Å². The number of hydrogen-bond donors (Lipinski definition) is 5. The fraction of sp³-hybridized carbons (Fsp3) is 0.393. The van der Waals surface area contributed by atoms with Crippen LogP contribution in [0.3, 0.4) is 0 Å². The summed E-state index contributed by atoms with van der Waals surface area (Å²) < 4.78 is 36.8. The number of aliphatic carboxylic acids is 1. The molecule has 0 aliphatic heterocycles. The number of carboxylic acid groups (broad SMARTS) is 1. The van der Waals surface area contributed by atoms with E-state index in [1.165, 1.54) is 0 Å². The van der Waals surface area contributed by atoms with Crippen LogP contribution in [0.1, 0.15) is 57.8 Å². The third-order valence-corrected chi connectivity index (χ3v) is 6.16. The van der Waals surface area contributed by atoms with Gasteiger partial charge in [0.1, 0.15) is 17.1 Å². The van der Waals surface area contributed by atoms with E-state index in [-0.39, 0.29) is 23.8 Å². The molecule has 3 aromatic rings. The molecule has 0 atom stereocenters. The van der Waals surface area contributed by atoms with Gasteiger partial charge in [0.15, 0.2) is 0 Å². The first kappa shape index (κ1) is 36.1. The number of nitrogens with one attached hydrogen (secondary N) is 4. The molecule has 0 saturated carbocycles. The molecule has 0 aliphatic rings. The summed E-state index contributed by atoms with van der Waals surface area (Å²) >= 11 is 0. The van der Waals surface area contributed by atoms with Gasteiger partial charge in [-0.1, -0.05) is 0 Å². The molecular weight excluding hydrogens is 601 g/mol. The van der Waals surface area contributed by atoms with E-state index in [4.69, 9.17) is 9.90 Å². The predicted molar refractivity (Wildman–Crippen MR) is 160 cm³/mol. The van der Waals surface area contributed by atoms with E-state index < -0.39 is 12.1 Å². The second-order valence-electron chi connectivity index (χ2n) is 10.5. The highest BCUT2D eigenvalue weighted by molar-refractivity contribution is 6.07. The number of carboxylic acids is 1. The Balaban J connectivity index is 0.000000900. The lowest BCUT2D eigenvalue weighted by Gasteiger charge is -2.12. The van der Waals surface area contributed by atoms with E-state index in [2.05, 4.69) is 26.2 Å². The Morgan fingerprint density at radius 1 is 0.867 bits per heavy atom. The van der Waals surface area contributed by atoms with E-state index in [0.717, 1.165) is 13.0 Å². The molecule has 0 spiro atoms. The number of nitrogens with zero attached hydrogens (tertiary/aromatic N) is 4. The smallest absolute Gasteiger partial charge is 0.475 e. The van der Waals surface area contributed by atoms with E-state index >= 15 is 0 Å². The second kappa shape index (κ2) is 15.6. The molecule has 0 unspecified atom stereocenters.